The number of thiophene rings is 1. The summed E-state index contributed by atoms with van der Waals surface area (Å²) in [5.74, 6) is 2.92. The molecule has 0 fully saturated rings. The molecular formula is C18H17N5OS2. The van der Waals surface area contributed by atoms with Crippen LogP contribution >= 0.6 is 23.1 Å². The third-order valence-corrected chi connectivity index (χ3v) is 5.21. The molecule has 0 bridgehead atoms. The number of para-hydroxylation sites is 1. The van der Waals surface area contributed by atoms with E-state index in [0.717, 1.165) is 17.1 Å². The van der Waals surface area contributed by atoms with Gasteiger partial charge in [-0.05, 0) is 23.6 Å². The Labute approximate surface area is 159 Å². The number of hydrogen-bond acceptors (Lipinski definition) is 7. The fourth-order valence-corrected chi connectivity index (χ4v) is 3.75. The molecule has 0 saturated carbocycles. The molecule has 1 aromatic carbocycles. The molecule has 132 valence electrons. The highest BCUT2D eigenvalue weighted by molar-refractivity contribution is 7.98. The van der Waals surface area contributed by atoms with Gasteiger partial charge in [-0.15, -0.1) is 5.10 Å². The number of nitrogens with zero attached hydrogens (tertiary/aromatic N) is 5. The van der Waals surface area contributed by atoms with E-state index in [1.54, 1.807) is 11.3 Å². The number of rotatable bonds is 6. The SMILES string of the molecule is CC(C)c1nc(SCc2nc(-c3ccsc3)no2)nn1-c1ccccc1. The lowest BCUT2D eigenvalue weighted by atomic mass is 10.2. The quantitative estimate of drug-likeness (QED) is 0.446. The molecule has 0 atom stereocenters. The van der Waals surface area contributed by atoms with E-state index < -0.39 is 0 Å². The van der Waals surface area contributed by atoms with Crippen molar-refractivity contribution in [1.82, 2.24) is 24.9 Å². The molecule has 26 heavy (non-hydrogen) atoms. The highest BCUT2D eigenvalue weighted by Gasteiger charge is 2.16. The van der Waals surface area contributed by atoms with Gasteiger partial charge in [0, 0.05) is 16.9 Å². The first kappa shape index (κ1) is 17.0. The minimum atomic E-state index is 0.269. The molecule has 4 aromatic rings. The van der Waals surface area contributed by atoms with E-state index in [9.17, 15) is 0 Å². The van der Waals surface area contributed by atoms with Crippen molar-refractivity contribution in [2.45, 2.75) is 30.7 Å². The van der Waals surface area contributed by atoms with Crippen molar-refractivity contribution in [3.8, 4) is 17.1 Å². The zero-order valence-corrected chi connectivity index (χ0v) is 16.0. The van der Waals surface area contributed by atoms with Crippen molar-refractivity contribution in [3.63, 3.8) is 0 Å². The molecule has 0 radical (unpaired) electrons. The van der Waals surface area contributed by atoms with Gasteiger partial charge in [0.05, 0.1) is 11.4 Å². The second-order valence-electron chi connectivity index (χ2n) is 5.97. The van der Waals surface area contributed by atoms with Gasteiger partial charge in [-0.1, -0.05) is 49.0 Å². The lowest BCUT2D eigenvalue weighted by Gasteiger charge is -2.07. The molecule has 0 spiro atoms. The number of thioether (sulfide) groups is 1. The number of benzene rings is 1. The Morgan fingerprint density at radius 3 is 2.73 bits per heavy atom. The Morgan fingerprint density at radius 1 is 1.15 bits per heavy atom. The molecule has 0 aliphatic heterocycles. The predicted molar refractivity (Wildman–Crippen MR) is 103 cm³/mol. The molecule has 0 aliphatic rings. The van der Waals surface area contributed by atoms with Crippen molar-refractivity contribution >= 4 is 23.1 Å². The van der Waals surface area contributed by atoms with Crippen LogP contribution in [0.3, 0.4) is 0 Å². The molecule has 0 saturated heterocycles. The first-order valence-electron chi connectivity index (χ1n) is 8.21. The summed E-state index contributed by atoms with van der Waals surface area (Å²) >= 11 is 3.10. The third kappa shape index (κ3) is 3.56. The Balaban J connectivity index is 1.52. The van der Waals surface area contributed by atoms with E-state index in [0.29, 0.717) is 22.6 Å². The first-order chi connectivity index (χ1) is 12.7. The van der Waals surface area contributed by atoms with Crippen molar-refractivity contribution in [1.29, 1.82) is 0 Å². The largest absolute Gasteiger partial charge is 0.338 e. The van der Waals surface area contributed by atoms with Gasteiger partial charge in [-0.25, -0.2) is 9.67 Å². The summed E-state index contributed by atoms with van der Waals surface area (Å²) in [6, 6.07) is 12.0. The Kier molecular flexibility index (Phi) is 4.85. The highest BCUT2D eigenvalue weighted by Crippen LogP contribution is 2.25. The van der Waals surface area contributed by atoms with Crippen LogP contribution < -0.4 is 0 Å². The molecule has 3 aromatic heterocycles. The standard InChI is InChI=1S/C18H17N5OS2/c1-12(2)17-20-18(21-23(17)14-6-4-3-5-7-14)26-11-15-19-16(22-24-15)13-8-9-25-10-13/h3-10,12H,11H2,1-2H3. The van der Waals surface area contributed by atoms with Crippen LogP contribution in [0.15, 0.2) is 56.8 Å². The lowest BCUT2D eigenvalue weighted by molar-refractivity contribution is 0.391. The normalized spacial score (nSPS) is 11.3. The molecule has 8 heteroatoms. The van der Waals surface area contributed by atoms with Crippen LogP contribution in [0.4, 0.5) is 0 Å². The van der Waals surface area contributed by atoms with Crippen molar-refractivity contribution in [2.24, 2.45) is 0 Å². The van der Waals surface area contributed by atoms with E-state index >= 15 is 0 Å². The third-order valence-electron chi connectivity index (χ3n) is 3.70. The summed E-state index contributed by atoms with van der Waals surface area (Å²) in [6.45, 7) is 4.23. The van der Waals surface area contributed by atoms with Gasteiger partial charge in [0.25, 0.3) is 0 Å². The maximum absolute atomic E-state index is 5.34. The Morgan fingerprint density at radius 2 is 2.00 bits per heavy atom. The van der Waals surface area contributed by atoms with Gasteiger partial charge in [0.15, 0.2) is 0 Å². The minimum absolute atomic E-state index is 0.269. The predicted octanol–water partition coefficient (Wildman–Crippen LogP) is 4.79. The molecule has 0 N–H and O–H groups in total. The minimum Gasteiger partial charge on any atom is -0.338 e. The van der Waals surface area contributed by atoms with Gasteiger partial charge < -0.3 is 4.52 Å². The van der Waals surface area contributed by atoms with Gasteiger partial charge in [0.2, 0.25) is 16.9 Å². The average Bonchev–Trinajstić information content (AvgIpc) is 3.39. The summed E-state index contributed by atoms with van der Waals surface area (Å²) < 4.78 is 7.24. The summed E-state index contributed by atoms with van der Waals surface area (Å²) in [6.07, 6.45) is 0. The molecule has 0 unspecified atom stereocenters. The second-order valence-corrected chi connectivity index (χ2v) is 7.69. The van der Waals surface area contributed by atoms with Crippen molar-refractivity contribution in [3.05, 3.63) is 58.9 Å². The topological polar surface area (TPSA) is 69.6 Å². The van der Waals surface area contributed by atoms with E-state index in [1.165, 1.54) is 11.8 Å². The van der Waals surface area contributed by atoms with Crippen molar-refractivity contribution < 1.29 is 4.52 Å². The zero-order valence-electron chi connectivity index (χ0n) is 14.4. The first-order valence-corrected chi connectivity index (χ1v) is 10.1. The molecule has 6 nitrogen and oxygen atoms in total. The monoisotopic (exact) mass is 383 g/mol. The smallest absolute Gasteiger partial charge is 0.237 e. The summed E-state index contributed by atoms with van der Waals surface area (Å²) in [5.41, 5.74) is 1.98. The summed E-state index contributed by atoms with van der Waals surface area (Å²) in [5, 5.41) is 13.4. The van der Waals surface area contributed by atoms with Crippen LogP contribution in [-0.2, 0) is 5.75 Å². The Bertz CT molecular complexity index is 976. The molecule has 3 heterocycles. The van der Waals surface area contributed by atoms with E-state index in [-0.39, 0.29) is 5.92 Å². The average molecular weight is 384 g/mol. The summed E-state index contributed by atoms with van der Waals surface area (Å²) in [4.78, 5) is 9.12. The van der Waals surface area contributed by atoms with Crippen LogP contribution in [0, 0.1) is 0 Å². The van der Waals surface area contributed by atoms with E-state index in [2.05, 4.69) is 34.1 Å². The van der Waals surface area contributed by atoms with E-state index in [4.69, 9.17) is 4.52 Å². The number of hydrogen-bond donors (Lipinski definition) is 0. The molecular weight excluding hydrogens is 366 g/mol. The maximum Gasteiger partial charge on any atom is 0.237 e. The zero-order chi connectivity index (χ0) is 17.9. The molecule has 0 aliphatic carbocycles. The van der Waals surface area contributed by atoms with Crippen LogP contribution in [-0.4, -0.2) is 24.9 Å². The molecule has 4 rings (SSSR count). The van der Waals surface area contributed by atoms with Crippen LogP contribution in [0.2, 0.25) is 0 Å². The van der Waals surface area contributed by atoms with Crippen LogP contribution in [0.1, 0.15) is 31.5 Å². The Hall–Kier alpha value is -2.45. The fraction of sp³-hybridized carbons (Fsp3) is 0.222. The van der Waals surface area contributed by atoms with Crippen molar-refractivity contribution in [2.75, 3.05) is 0 Å². The second kappa shape index (κ2) is 7.43. The van der Waals surface area contributed by atoms with Gasteiger partial charge in [-0.3, -0.25) is 0 Å². The maximum atomic E-state index is 5.34. The highest BCUT2D eigenvalue weighted by atomic mass is 32.2. The van der Waals surface area contributed by atoms with E-state index in [1.807, 2.05) is 51.8 Å². The van der Waals surface area contributed by atoms with Gasteiger partial charge >= 0.3 is 0 Å². The van der Waals surface area contributed by atoms with Gasteiger partial charge in [0.1, 0.15) is 5.82 Å². The lowest BCUT2D eigenvalue weighted by Crippen LogP contribution is -2.04. The fourth-order valence-electron chi connectivity index (χ4n) is 2.45. The van der Waals surface area contributed by atoms with Crippen LogP contribution in [0.25, 0.3) is 17.1 Å². The van der Waals surface area contributed by atoms with Gasteiger partial charge in [-0.2, -0.15) is 16.3 Å². The van der Waals surface area contributed by atoms with Crippen LogP contribution in [0.5, 0.6) is 0 Å². The summed E-state index contributed by atoms with van der Waals surface area (Å²) in [7, 11) is 0. The molecule has 0 amide bonds. The number of aromatic nitrogens is 5.